The molecule has 55 heavy (non-hydrogen) atoms. The first-order valence-electron chi connectivity index (χ1n) is 16.9. The molecule has 0 spiro atoms. The molecular weight excluding hydrogens is 699 g/mol. The van der Waals surface area contributed by atoms with Crippen molar-refractivity contribution in [2.24, 2.45) is 0 Å². The Balaban J connectivity index is 1.17. The van der Waals surface area contributed by atoms with Gasteiger partial charge in [-0.3, -0.25) is 30.3 Å². The number of fused-ring (bicyclic) bond motifs is 6. The van der Waals surface area contributed by atoms with Crippen molar-refractivity contribution < 1.29 is 14.8 Å². The molecule has 9 aromatic rings. The van der Waals surface area contributed by atoms with Gasteiger partial charge in [0.1, 0.15) is 0 Å². The van der Waals surface area contributed by atoms with E-state index in [-0.39, 0.29) is 17.1 Å². The monoisotopic (exact) mass is 721 g/mol. The van der Waals surface area contributed by atoms with Crippen molar-refractivity contribution in [3.8, 4) is 45.0 Å². The van der Waals surface area contributed by atoms with Crippen molar-refractivity contribution in [2.45, 2.75) is 0 Å². The molecule has 0 aliphatic heterocycles. The van der Waals surface area contributed by atoms with Crippen LogP contribution in [0, 0.1) is 30.3 Å². The average molecular weight is 722 g/mol. The summed E-state index contributed by atoms with van der Waals surface area (Å²) in [5.74, 6) is 0. The lowest BCUT2D eigenvalue weighted by molar-refractivity contribution is -0.385. The molecule has 13 nitrogen and oxygen atoms in total. The minimum atomic E-state index is -0.459. The average Bonchev–Trinajstić information content (AvgIpc) is 3.22. The van der Waals surface area contributed by atoms with Gasteiger partial charge in [-0.15, -0.1) is 0 Å². The molecule has 0 amide bonds. The van der Waals surface area contributed by atoms with Gasteiger partial charge in [-0.05, 0) is 30.3 Å². The molecule has 0 unspecified atom stereocenters. The molecule has 0 aliphatic carbocycles. The lowest BCUT2D eigenvalue weighted by Crippen LogP contribution is -1.95. The molecule has 0 atom stereocenters. The van der Waals surface area contributed by atoms with Gasteiger partial charge in [-0.25, -0.2) is 19.9 Å². The lowest BCUT2D eigenvalue weighted by atomic mass is 10.0. The van der Waals surface area contributed by atoms with Gasteiger partial charge < -0.3 is 0 Å². The van der Waals surface area contributed by atoms with E-state index in [0.29, 0.717) is 67.1 Å². The van der Waals surface area contributed by atoms with Crippen LogP contribution in [-0.2, 0) is 0 Å². The van der Waals surface area contributed by atoms with Gasteiger partial charge in [0.05, 0.1) is 59.6 Å². The predicted molar refractivity (Wildman–Crippen MR) is 209 cm³/mol. The molecule has 13 heteroatoms. The van der Waals surface area contributed by atoms with Crippen LogP contribution in [0.5, 0.6) is 0 Å². The number of hydrogen-bond acceptors (Lipinski definition) is 10. The molecule has 0 aliphatic rings. The van der Waals surface area contributed by atoms with E-state index >= 15 is 0 Å². The minimum Gasteiger partial charge on any atom is -0.258 e. The number of rotatable bonds is 7. The molecule has 0 saturated carbocycles. The second-order valence-corrected chi connectivity index (χ2v) is 12.8. The molecule has 0 fully saturated rings. The highest BCUT2D eigenvalue weighted by Crippen LogP contribution is 2.35. The van der Waals surface area contributed by atoms with Crippen LogP contribution in [0.3, 0.4) is 0 Å². The van der Waals surface area contributed by atoms with Gasteiger partial charge in [0.2, 0.25) is 0 Å². The van der Waals surface area contributed by atoms with Crippen LogP contribution in [0.4, 0.5) is 17.1 Å². The Kier molecular flexibility index (Phi) is 7.67. The van der Waals surface area contributed by atoms with E-state index in [9.17, 15) is 30.3 Å². The van der Waals surface area contributed by atoms with Crippen LogP contribution in [0.25, 0.3) is 88.6 Å². The van der Waals surface area contributed by atoms with E-state index in [2.05, 4.69) is 0 Å². The Labute approximate surface area is 309 Å². The Morgan fingerprint density at radius 3 is 0.945 bits per heavy atom. The zero-order valence-corrected chi connectivity index (χ0v) is 28.4. The predicted octanol–water partition coefficient (Wildman–Crippen LogP) is 10.3. The quantitative estimate of drug-likeness (QED) is 0.0872. The fourth-order valence-corrected chi connectivity index (χ4v) is 6.75. The third-order valence-corrected chi connectivity index (χ3v) is 9.46. The van der Waals surface area contributed by atoms with Gasteiger partial charge in [0.15, 0.2) is 0 Å². The van der Waals surface area contributed by atoms with E-state index in [1.165, 1.54) is 36.4 Å². The number of non-ortho nitro benzene ring substituents is 3. The summed E-state index contributed by atoms with van der Waals surface area (Å²) in [6.45, 7) is 0. The number of nitro groups is 3. The molecular formula is C42H23N7O6. The lowest BCUT2D eigenvalue weighted by Gasteiger charge is -2.10. The van der Waals surface area contributed by atoms with E-state index in [1.807, 2.05) is 48.5 Å². The molecule has 0 bridgehead atoms. The Bertz CT molecular complexity index is 2920. The summed E-state index contributed by atoms with van der Waals surface area (Å²) in [6, 6.07) is 39.6. The molecule has 0 radical (unpaired) electrons. The number of nitro benzene ring substituents is 3. The SMILES string of the molecule is O=[N+]([O-])c1cccc(-c2ccc3ccc4ccc(-c5cc(-c6ccc7ccc8ccc(-c9cccc([N+](=O)[O-])c9)nc8c7n6)cc([N+](=O)[O-])c5)nc4c3n2)c1. The summed E-state index contributed by atoms with van der Waals surface area (Å²) >= 11 is 0. The number of nitrogens with zero attached hydrogens (tertiary/aromatic N) is 7. The summed E-state index contributed by atoms with van der Waals surface area (Å²) in [5, 5.41) is 38.3. The van der Waals surface area contributed by atoms with Crippen molar-refractivity contribution in [2.75, 3.05) is 0 Å². The summed E-state index contributed by atoms with van der Waals surface area (Å²) in [5.41, 5.74) is 6.21. The third kappa shape index (κ3) is 5.97. The van der Waals surface area contributed by atoms with Crippen LogP contribution in [0.2, 0.25) is 0 Å². The van der Waals surface area contributed by atoms with E-state index in [4.69, 9.17) is 19.9 Å². The largest absolute Gasteiger partial charge is 0.270 e. The fraction of sp³-hybridized carbons (Fsp3) is 0. The van der Waals surface area contributed by atoms with Crippen LogP contribution >= 0.6 is 0 Å². The maximum absolute atomic E-state index is 12.3. The highest BCUT2D eigenvalue weighted by molar-refractivity contribution is 6.05. The van der Waals surface area contributed by atoms with Crippen molar-refractivity contribution in [1.29, 1.82) is 0 Å². The van der Waals surface area contributed by atoms with Gasteiger partial charge in [0, 0.05) is 80.2 Å². The van der Waals surface area contributed by atoms with Crippen molar-refractivity contribution in [3.63, 3.8) is 0 Å². The van der Waals surface area contributed by atoms with Crippen molar-refractivity contribution in [1.82, 2.24) is 19.9 Å². The zero-order valence-electron chi connectivity index (χ0n) is 28.4. The molecule has 4 heterocycles. The minimum absolute atomic E-state index is 0.0465. The number of pyridine rings is 4. The summed E-state index contributed by atoms with van der Waals surface area (Å²) in [6.07, 6.45) is 0. The summed E-state index contributed by atoms with van der Waals surface area (Å²) < 4.78 is 0. The second kappa shape index (κ2) is 12.9. The van der Waals surface area contributed by atoms with Crippen LogP contribution < -0.4 is 0 Å². The molecule has 0 saturated heterocycles. The Morgan fingerprint density at radius 1 is 0.327 bits per heavy atom. The molecule has 9 rings (SSSR count). The molecule has 5 aromatic carbocycles. The first-order chi connectivity index (χ1) is 26.7. The van der Waals surface area contributed by atoms with Gasteiger partial charge in [0.25, 0.3) is 17.1 Å². The van der Waals surface area contributed by atoms with Crippen LogP contribution in [0.1, 0.15) is 0 Å². The number of benzene rings is 5. The van der Waals surface area contributed by atoms with Crippen molar-refractivity contribution >= 4 is 60.7 Å². The normalized spacial score (nSPS) is 11.3. The fourth-order valence-electron chi connectivity index (χ4n) is 6.75. The van der Waals surface area contributed by atoms with E-state index < -0.39 is 14.8 Å². The standard InChI is InChI=1S/C42H23N7O6/c50-47(51)32-5-1-3-28(20-32)35-15-11-24-7-9-26-13-17-37(45-41(26)39(24)43-35)30-19-31(23-34(22-30)49(54)55)38-18-14-27-10-8-25-12-16-36(44-40(25)42(27)46-38)29-4-2-6-33(21-29)48(52)53/h1-23H. The maximum Gasteiger partial charge on any atom is 0.270 e. The summed E-state index contributed by atoms with van der Waals surface area (Å²) in [7, 11) is 0. The Morgan fingerprint density at radius 2 is 0.618 bits per heavy atom. The van der Waals surface area contributed by atoms with Gasteiger partial charge in [-0.1, -0.05) is 72.8 Å². The topological polar surface area (TPSA) is 181 Å². The third-order valence-electron chi connectivity index (χ3n) is 9.46. The smallest absolute Gasteiger partial charge is 0.258 e. The first kappa shape index (κ1) is 32.8. The zero-order chi connectivity index (χ0) is 37.8. The van der Waals surface area contributed by atoms with E-state index in [0.717, 1.165) is 21.5 Å². The highest BCUT2D eigenvalue weighted by atomic mass is 16.6. The second-order valence-electron chi connectivity index (χ2n) is 12.8. The van der Waals surface area contributed by atoms with Gasteiger partial charge >= 0.3 is 0 Å². The van der Waals surface area contributed by atoms with E-state index in [1.54, 1.807) is 54.6 Å². The molecule has 4 aromatic heterocycles. The molecule has 262 valence electrons. The van der Waals surface area contributed by atoms with Crippen LogP contribution in [-0.4, -0.2) is 34.7 Å². The summed E-state index contributed by atoms with van der Waals surface area (Å²) in [4.78, 5) is 53.5. The van der Waals surface area contributed by atoms with Crippen LogP contribution in [0.15, 0.2) is 140 Å². The maximum atomic E-state index is 12.3. The molecule has 0 N–H and O–H groups in total. The first-order valence-corrected chi connectivity index (χ1v) is 16.9. The van der Waals surface area contributed by atoms with Gasteiger partial charge in [-0.2, -0.15) is 0 Å². The number of aromatic nitrogens is 4. The Hall–Kier alpha value is -8.06. The highest BCUT2D eigenvalue weighted by Gasteiger charge is 2.17. The van der Waals surface area contributed by atoms with Crippen molar-refractivity contribution in [3.05, 3.63) is 170 Å². The number of hydrogen-bond donors (Lipinski definition) is 0.